The number of rotatable bonds is 6. The Morgan fingerprint density at radius 2 is 2.11 bits per heavy atom. The number of nitrogens with one attached hydrogen (secondary N) is 2. The van der Waals surface area contributed by atoms with Crippen LogP contribution in [0, 0.1) is 5.92 Å². The van der Waals surface area contributed by atoms with Crippen LogP contribution in [0.25, 0.3) is 0 Å². The fourth-order valence-corrected chi connectivity index (χ4v) is 1.72. The molecule has 1 atom stereocenters. The van der Waals surface area contributed by atoms with E-state index in [-0.39, 0.29) is 43.9 Å². The SMILES string of the molecule is CC(C)C[C@H](N)C(=O)NCCN1C(=O)CNC1=O.Cl. The first-order valence-electron chi connectivity index (χ1n) is 6.03. The number of imide groups is 1. The van der Waals surface area contributed by atoms with Crippen molar-refractivity contribution in [2.24, 2.45) is 11.7 Å². The van der Waals surface area contributed by atoms with E-state index in [1.54, 1.807) is 0 Å². The van der Waals surface area contributed by atoms with Crippen LogP contribution < -0.4 is 16.4 Å². The molecule has 0 spiro atoms. The molecule has 1 rings (SSSR count). The van der Waals surface area contributed by atoms with Crippen LogP contribution >= 0.6 is 12.4 Å². The highest BCUT2D eigenvalue weighted by Gasteiger charge is 2.27. The van der Waals surface area contributed by atoms with Crippen molar-refractivity contribution in [3.8, 4) is 0 Å². The summed E-state index contributed by atoms with van der Waals surface area (Å²) in [5.41, 5.74) is 5.70. The molecule has 1 saturated heterocycles. The Bertz CT molecular complexity index is 333. The first-order chi connectivity index (χ1) is 8.41. The average Bonchev–Trinajstić information content (AvgIpc) is 2.59. The van der Waals surface area contributed by atoms with E-state index in [0.29, 0.717) is 12.3 Å². The number of urea groups is 1. The maximum atomic E-state index is 11.6. The summed E-state index contributed by atoms with van der Waals surface area (Å²) < 4.78 is 0. The molecule has 0 bridgehead atoms. The van der Waals surface area contributed by atoms with Gasteiger partial charge < -0.3 is 16.4 Å². The third-order valence-corrected chi connectivity index (χ3v) is 2.63. The van der Waals surface area contributed by atoms with Crippen molar-refractivity contribution in [3.05, 3.63) is 0 Å². The van der Waals surface area contributed by atoms with Crippen LogP contribution in [-0.4, -0.2) is 48.4 Å². The largest absolute Gasteiger partial charge is 0.353 e. The molecule has 4 N–H and O–H groups in total. The monoisotopic (exact) mass is 292 g/mol. The number of nitrogens with zero attached hydrogens (tertiary/aromatic N) is 1. The molecule has 1 heterocycles. The lowest BCUT2D eigenvalue weighted by Gasteiger charge is -2.16. The van der Waals surface area contributed by atoms with Gasteiger partial charge in [0.2, 0.25) is 11.8 Å². The highest BCUT2D eigenvalue weighted by molar-refractivity contribution is 6.01. The van der Waals surface area contributed by atoms with Crippen molar-refractivity contribution in [1.82, 2.24) is 15.5 Å². The number of carbonyl (C=O) groups is 3. The van der Waals surface area contributed by atoms with E-state index in [1.165, 1.54) is 0 Å². The Morgan fingerprint density at radius 1 is 1.47 bits per heavy atom. The normalized spacial score (nSPS) is 16.1. The molecule has 4 amide bonds. The van der Waals surface area contributed by atoms with Crippen LogP contribution in [-0.2, 0) is 9.59 Å². The first kappa shape index (κ1) is 17.7. The number of nitrogens with two attached hydrogens (primary N) is 1. The van der Waals surface area contributed by atoms with E-state index in [0.717, 1.165) is 4.90 Å². The van der Waals surface area contributed by atoms with Gasteiger partial charge in [0, 0.05) is 13.1 Å². The molecule has 1 aliphatic rings. The van der Waals surface area contributed by atoms with E-state index in [4.69, 9.17) is 5.73 Å². The van der Waals surface area contributed by atoms with E-state index >= 15 is 0 Å². The Balaban J connectivity index is 0.00000324. The van der Waals surface area contributed by atoms with Gasteiger partial charge in [-0.3, -0.25) is 14.5 Å². The molecule has 0 aromatic heterocycles. The summed E-state index contributed by atoms with van der Waals surface area (Å²) in [5.74, 6) is -0.187. The van der Waals surface area contributed by atoms with Crippen LogP contribution in [0.2, 0.25) is 0 Å². The number of carbonyl (C=O) groups excluding carboxylic acids is 3. The second kappa shape index (κ2) is 7.96. The lowest BCUT2D eigenvalue weighted by Crippen LogP contribution is -2.45. The molecular formula is C11H21ClN4O3. The number of hydrogen-bond acceptors (Lipinski definition) is 4. The molecule has 0 unspecified atom stereocenters. The highest BCUT2D eigenvalue weighted by atomic mass is 35.5. The first-order valence-corrected chi connectivity index (χ1v) is 6.03. The van der Waals surface area contributed by atoms with Gasteiger partial charge in [0.15, 0.2) is 0 Å². The fourth-order valence-electron chi connectivity index (χ4n) is 1.72. The van der Waals surface area contributed by atoms with Crippen molar-refractivity contribution in [3.63, 3.8) is 0 Å². The van der Waals surface area contributed by atoms with Crippen LogP contribution in [0.15, 0.2) is 0 Å². The zero-order chi connectivity index (χ0) is 13.7. The van der Waals surface area contributed by atoms with E-state index < -0.39 is 12.1 Å². The van der Waals surface area contributed by atoms with Crippen LogP contribution in [0.3, 0.4) is 0 Å². The summed E-state index contributed by atoms with van der Waals surface area (Å²) >= 11 is 0. The number of halogens is 1. The molecule has 7 nitrogen and oxygen atoms in total. The van der Waals surface area contributed by atoms with Gasteiger partial charge in [0.1, 0.15) is 0 Å². The molecule has 8 heteroatoms. The summed E-state index contributed by atoms with van der Waals surface area (Å²) in [7, 11) is 0. The minimum absolute atomic E-state index is 0. The second-order valence-electron chi connectivity index (χ2n) is 4.73. The van der Waals surface area contributed by atoms with Crippen molar-refractivity contribution < 1.29 is 14.4 Å². The molecule has 1 aliphatic heterocycles. The number of amides is 4. The van der Waals surface area contributed by atoms with Gasteiger partial charge in [-0.15, -0.1) is 12.4 Å². The Kier molecular flexibility index (Phi) is 7.40. The zero-order valence-electron chi connectivity index (χ0n) is 11.1. The maximum absolute atomic E-state index is 11.6. The maximum Gasteiger partial charge on any atom is 0.324 e. The quantitative estimate of drug-likeness (QED) is 0.571. The van der Waals surface area contributed by atoms with Gasteiger partial charge in [-0.05, 0) is 12.3 Å². The molecular weight excluding hydrogens is 272 g/mol. The summed E-state index contributed by atoms with van der Waals surface area (Å²) in [6.07, 6.45) is 0.606. The third-order valence-electron chi connectivity index (χ3n) is 2.63. The minimum atomic E-state index is -0.548. The Labute approximate surface area is 118 Å². The van der Waals surface area contributed by atoms with Crippen LogP contribution in [0.4, 0.5) is 4.79 Å². The minimum Gasteiger partial charge on any atom is -0.353 e. The van der Waals surface area contributed by atoms with Gasteiger partial charge in [0.25, 0.3) is 0 Å². The molecule has 0 radical (unpaired) electrons. The van der Waals surface area contributed by atoms with Gasteiger partial charge >= 0.3 is 6.03 Å². The van der Waals surface area contributed by atoms with Gasteiger partial charge in [0.05, 0.1) is 12.6 Å². The summed E-state index contributed by atoms with van der Waals surface area (Å²) in [6, 6.07) is -0.964. The van der Waals surface area contributed by atoms with Gasteiger partial charge in [-0.25, -0.2) is 4.79 Å². The summed E-state index contributed by atoms with van der Waals surface area (Å²) in [6.45, 7) is 4.40. The van der Waals surface area contributed by atoms with Crippen LogP contribution in [0.5, 0.6) is 0 Å². The van der Waals surface area contributed by atoms with Crippen LogP contribution in [0.1, 0.15) is 20.3 Å². The third kappa shape index (κ3) is 5.44. The lowest BCUT2D eigenvalue weighted by atomic mass is 10.0. The van der Waals surface area contributed by atoms with Crippen molar-refractivity contribution in [2.75, 3.05) is 19.6 Å². The fraction of sp³-hybridized carbons (Fsp3) is 0.727. The second-order valence-corrected chi connectivity index (χ2v) is 4.73. The zero-order valence-corrected chi connectivity index (χ0v) is 12.0. The van der Waals surface area contributed by atoms with E-state index in [9.17, 15) is 14.4 Å². The smallest absolute Gasteiger partial charge is 0.324 e. The molecule has 19 heavy (non-hydrogen) atoms. The summed E-state index contributed by atoms with van der Waals surface area (Å²) in [4.78, 5) is 35.1. The lowest BCUT2D eigenvalue weighted by molar-refractivity contribution is -0.126. The molecule has 1 fully saturated rings. The molecule has 0 aliphatic carbocycles. The topological polar surface area (TPSA) is 105 Å². The van der Waals surface area contributed by atoms with Gasteiger partial charge in [-0.1, -0.05) is 13.8 Å². The Hall–Kier alpha value is -1.34. The van der Waals surface area contributed by atoms with Gasteiger partial charge in [-0.2, -0.15) is 0 Å². The average molecular weight is 293 g/mol. The molecule has 110 valence electrons. The molecule has 0 aromatic carbocycles. The Morgan fingerprint density at radius 3 is 2.58 bits per heavy atom. The predicted octanol–water partition coefficient (Wildman–Crippen LogP) is -0.550. The number of hydrogen-bond donors (Lipinski definition) is 3. The molecule has 0 aromatic rings. The predicted molar refractivity (Wildman–Crippen MR) is 72.8 cm³/mol. The van der Waals surface area contributed by atoms with Crippen molar-refractivity contribution >= 4 is 30.3 Å². The standard InChI is InChI=1S/C11H20N4O3.ClH/c1-7(2)5-8(12)10(17)13-3-4-15-9(16)6-14-11(15)18;/h7-8H,3-6,12H2,1-2H3,(H,13,17)(H,14,18);1H/t8-;/m0./s1. The van der Waals surface area contributed by atoms with E-state index in [1.807, 2.05) is 13.8 Å². The summed E-state index contributed by atoms with van der Waals surface area (Å²) in [5, 5.41) is 5.02. The van der Waals surface area contributed by atoms with Crippen molar-refractivity contribution in [1.29, 1.82) is 0 Å². The van der Waals surface area contributed by atoms with E-state index in [2.05, 4.69) is 10.6 Å². The van der Waals surface area contributed by atoms with Crippen molar-refractivity contribution in [2.45, 2.75) is 26.3 Å². The highest BCUT2D eigenvalue weighted by Crippen LogP contribution is 2.02. The molecule has 0 saturated carbocycles.